The number of nitrogens with one attached hydrogen (secondary N) is 2. The lowest BCUT2D eigenvalue weighted by atomic mass is 10.3. The van der Waals surface area contributed by atoms with Gasteiger partial charge in [-0.3, -0.25) is 4.79 Å². The van der Waals surface area contributed by atoms with Crippen molar-refractivity contribution in [3.8, 4) is 0 Å². The van der Waals surface area contributed by atoms with Gasteiger partial charge in [0.05, 0.1) is 4.90 Å². The van der Waals surface area contributed by atoms with Crippen molar-refractivity contribution in [2.24, 2.45) is 0 Å². The van der Waals surface area contributed by atoms with Gasteiger partial charge in [0.2, 0.25) is 15.9 Å². The van der Waals surface area contributed by atoms with E-state index in [9.17, 15) is 13.2 Å². The number of amides is 1. The Hall–Kier alpha value is -1.44. The molecule has 1 aromatic rings. The van der Waals surface area contributed by atoms with E-state index in [-0.39, 0.29) is 16.8 Å². The summed E-state index contributed by atoms with van der Waals surface area (Å²) >= 11 is 0. The van der Waals surface area contributed by atoms with Crippen LogP contribution in [0, 0.1) is 0 Å². The van der Waals surface area contributed by atoms with Gasteiger partial charge in [0, 0.05) is 38.3 Å². The van der Waals surface area contributed by atoms with Gasteiger partial charge >= 0.3 is 0 Å². The lowest BCUT2D eigenvalue weighted by Crippen LogP contribution is -2.52. The third kappa shape index (κ3) is 3.17. The van der Waals surface area contributed by atoms with Crippen molar-refractivity contribution >= 4 is 21.6 Å². The average molecular weight is 297 g/mol. The second-order valence-corrected chi connectivity index (χ2v) is 6.77. The van der Waals surface area contributed by atoms with Crippen molar-refractivity contribution in [1.82, 2.24) is 9.62 Å². The predicted octanol–water partition coefficient (Wildman–Crippen LogP) is 0.627. The number of sulfonamides is 1. The number of carbonyl (C=O) groups is 1. The molecule has 1 heterocycles. The van der Waals surface area contributed by atoms with Crippen LogP contribution in [0.25, 0.3) is 0 Å². The van der Waals surface area contributed by atoms with Gasteiger partial charge in [-0.25, -0.2) is 8.42 Å². The summed E-state index contributed by atoms with van der Waals surface area (Å²) in [7, 11) is -3.48. The zero-order valence-electron chi connectivity index (χ0n) is 11.6. The molecule has 1 fully saturated rings. The van der Waals surface area contributed by atoms with Crippen LogP contribution in [0.2, 0.25) is 0 Å². The molecule has 7 heteroatoms. The average Bonchev–Trinajstić information content (AvgIpc) is 2.39. The number of benzene rings is 1. The zero-order valence-corrected chi connectivity index (χ0v) is 12.4. The van der Waals surface area contributed by atoms with Crippen LogP contribution in [-0.2, 0) is 14.8 Å². The summed E-state index contributed by atoms with van der Waals surface area (Å²) in [6, 6.07) is 6.18. The number of hydrogen-bond donors (Lipinski definition) is 2. The van der Waals surface area contributed by atoms with Crippen molar-refractivity contribution in [2.45, 2.75) is 24.8 Å². The van der Waals surface area contributed by atoms with Crippen LogP contribution in [0.15, 0.2) is 29.2 Å². The predicted molar refractivity (Wildman–Crippen MR) is 77.0 cm³/mol. The first-order chi connectivity index (χ1) is 9.41. The SMILES string of the molecule is CC(=O)Nc1ccc(S(=O)(=O)N2CCNCC2C)cc1. The van der Waals surface area contributed by atoms with E-state index in [2.05, 4.69) is 10.6 Å². The van der Waals surface area contributed by atoms with Gasteiger partial charge in [-0.05, 0) is 31.2 Å². The van der Waals surface area contributed by atoms with E-state index in [1.54, 1.807) is 12.1 Å². The fraction of sp³-hybridized carbons (Fsp3) is 0.462. The standard InChI is InChI=1S/C13H19N3O3S/c1-10-9-14-7-8-16(10)20(18,19)13-5-3-12(4-6-13)15-11(2)17/h3-6,10,14H,7-9H2,1-2H3,(H,15,17). The molecule has 6 nitrogen and oxygen atoms in total. The highest BCUT2D eigenvalue weighted by Crippen LogP contribution is 2.21. The zero-order chi connectivity index (χ0) is 14.8. The number of nitrogens with zero attached hydrogens (tertiary/aromatic N) is 1. The fourth-order valence-electron chi connectivity index (χ4n) is 2.23. The van der Waals surface area contributed by atoms with Crippen molar-refractivity contribution in [2.75, 3.05) is 25.0 Å². The summed E-state index contributed by atoms with van der Waals surface area (Å²) < 4.78 is 26.6. The summed E-state index contributed by atoms with van der Waals surface area (Å²) in [6.07, 6.45) is 0. The van der Waals surface area contributed by atoms with Crippen LogP contribution in [-0.4, -0.2) is 44.3 Å². The molecule has 0 saturated carbocycles. The molecule has 1 aliphatic rings. The quantitative estimate of drug-likeness (QED) is 0.857. The van der Waals surface area contributed by atoms with Gasteiger partial charge in [-0.1, -0.05) is 0 Å². The molecule has 0 aliphatic carbocycles. The first-order valence-corrected chi connectivity index (χ1v) is 7.95. The van der Waals surface area contributed by atoms with Crippen LogP contribution in [0.3, 0.4) is 0 Å². The molecule has 0 aromatic heterocycles. The molecular weight excluding hydrogens is 278 g/mol. The van der Waals surface area contributed by atoms with E-state index in [0.29, 0.717) is 25.3 Å². The second-order valence-electron chi connectivity index (χ2n) is 4.87. The lowest BCUT2D eigenvalue weighted by molar-refractivity contribution is -0.114. The molecule has 1 aromatic carbocycles. The van der Waals surface area contributed by atoms with Crippen LogP contribution in [0.1, 0.15) is 13.8 Å². The molecule has 2 rings (SSSR count). The fourth-order valence-corrected chi connectivity index (χ4v) is 3.86. The molecule has 0 bridgehead atoms. The molecule has 1 unspecified atom stereocenters. The number of carbonyl (C=O) groups excluding carboxylic acids is 1. The Kier molecular flexibility index (Phi) is 4.42. The van der Waals surface area contributed by atoms with Gasteiger partial charge in [0.25, 0.3) is 0 Å². The number of anilines is 1. The highest BCUT2D eigenvalue weighted by molar-refractivity contribution is 7.89. The smallest absolute Gasteiger partial charge is 0.243 e. The summed E-state index contributed by atoms with van der Waals surface area (Å²) in [4.78, 5) is 11.2. The Labute approximate surface area is 119 Å². The minimum atomic E-state index is -3.48. The third-order valence-corrected chi connectivity index (χ3v) is 5.25. The summed E-state index contributed by atoms with van der Waals surface area (Å²) in [5.41, 5.74) is 0.588. The Bertz CT molecular complexity index is 583. The minimum absolute atomic E-state index is 0.0660. The summed E-state index contributed by atoms with van der Waals surface area (Å²) in [6.45, 7) is 5.08. The molecule has 0 spiro atoms. The molecular formula is C13H19N3O3S. The van der Waals surface area contributed by atoms with Crippen LogP contribution in [0.5, 0.6) is 0 Å². The molecule has 1 aliphatic heterocycles. The monoisotopic (exact) mass is 297 g/mol. The van der Waals surface area contributed by atoms with Crippen molar-refractivity contribution in [3.05, 3.63) is 24.3 Å². The molecule has 1 atom stereocenters. The molecule has 1 amide bonds. The Morgan fingerprint density at radius 3 is 2.55 bits per heavy atom. The van der Waals surface area contributed by atoms with E-state index in [4.69, 9.17) is 0 Å². The molecule has 110 valence electrons. The molecule has 20 heavy (non-hydrogen) atoms. The van der Waals surface area contributed by atoms with Gasteiger partial charge in [-0.15, -0.1) is 0 Å². The van der Waals surface area contributed by atoms with Crippen LogP contribution < -0.4 is 10.6 Å². The van der Waals surface area contributed by atoms with Gasteiger partial charge in [0.15, 0.2) is 0 Å². The summed E-state index contributed by atoms with van der Waals surface area (Å²) in [5.74, 6) is -0.184. The van der Waals surface area contributed by atoms with Gasteiger partial charge < -0.3 is 10.6 Å². The molecule has 1 saturated heterocycles. The van der Waals surface area contributed by atoms with Gasteiger partial charge in [0.1, 0.15) is 0 Å². The first-order valence-electron chi connectivity index (χ1n) is 6.51. The molecule has 2 N–H and O–H groups in total. The first kappa shape index (κ1) is 15.0. The maximum atomic E-state index is 12.5. The van der Waals surface area contributed by atoms with Gasteiger partial charge in [-0.2, -0.15) is 4.31 Å². The van der Waals surface area contributed by atoms with E-state index < -0.39 is 10.0 Å². The van der Waals surface area contributed by atoms with Crippen LogP contribution >= 0.6 is 0 Å². The van der Waals surface area contributed by atoms with Crippen LogP contribution in [0.4, 0.5) is 5.69 Å². The minimum Gasteiger partial charge on any atom is -0.326 e. The Morgan fingerprint density at radius 2 is 2.00 bits per heavy atom. The van der Waals surface area contributed by atoms with Crippen molar-refractivity contribution in [3.63, 3.8) is 0 Å². The van der Waals surface area contributed by atoms with Crippen molar-refractivity contribution < 1.29 is 13.2 Å². The topological polar surface area (TPSA) is 78.5 Å². The highest BCUT2D eigenvalue weighted by Gasteiger charge is 2.30. The number of rotatable bonds is 3. The normalized spacial score (nSPS) is 20.6. The maximum Gasteiger partial charge on any atom is 0.243 e. The van der Waals surface area contributed by atoms with Crippen molar-refractivity contribution in [1.29, 1.82) is 0 Å². The largest absolute Gasteiger partial charge is 0.326 e. The Morgan fingerprint density at radius 1 is 1.35 bits per heavy atom. The lowest BCUT2D eigenvalue weighted by Gasteiger charge is -2.32. The maximum absolute atomic E-state index is 12.5. The number of piperazine rings is 1. The number of hydrogen-bond acceptors (Lipinski definition) is 4. The van der Waals surface area contributed by atoms with E-state index >= 15 is 0 Å². The van der Waals surface area contributed by atoms with E-state index in [1.807, 2.05) is 6.92 Å². The second kappa shape index (κ2) is 5.90. The van der Waals surface area contributed by atoms with E-state index in [1.165, 1.54) is 23.4 Å². The Balaban J connectivity index is 2.23. The molecule has 0 radical (unpaired) electrons. The summed E-state index contributed by atoms with van der Waals surface area (Å²) in [5, 5.41) is 5.78. The van der Waals surface area contributed by atoms with E-state index in [0.717, 1.165) is 0 Å². The highest BCUT2D eigenvalue weighted by atomic mass is 32.2. The third-order valence-electron chi connectivity index (χ3n) is 3.22.